The first kappa shape index (κ1) is 13.3. The number of pyridine rings is 1. The Hall–Kier alpha value is -2.11. The van der Waals surface area contributed by atoms with Crippen molar-refractivity contribution < 1.29 is 14.7 Å². The van der Waals surface area contributed by atoms with Gasteiger partial charge in [0.1, 0.15) is 0 Å². The topological polar surface area (TPSA) is 91.3 Å². The standard InChI is InChI=1S/C13H17N3O3/c1-8-2-3-10(4-8)15-13(19)16-11-5-9(12(17)18)6-14-7-11/h5-8,10H,2-4H2,1H3,(H,17,18)(H2,15,16,19). The van der Waals surface area contributed by atoms with Crippen LogP contribution in [0.5, 0.6) is 0 Å². The van der Waals surface area contributed by atoms with Gasteiger partial charge in [0.2, 0.25) is 0 Å². The lowest BCUT2D eigenvalue weighted by Crippen LogP contribution is -2.36. The fraction of sp³-hybridized carbons (Fsp3) is 0.462. The molecule has 0 saturated heterocycles. The number of nitrogens with zero attached hydrogens (tertiary/aromatic N) is 1. The Morgan fingerprint density at radius 3 is 2.79 bits per heavy atom. The summed E-state index contributed by atoms with van der Waals surface area (Å²) in [5.74, 6) is -0.427. The van der Waals surface area contributed by atoms with Gasteiger partial charge in [-0.2, -0.15) is 0 Å². The SMILES string of the molecule is CC1CCC(NC(=O)Nc2cncc(C(=O)O)c2)C1. The molecule has 1 fully saturated rings. The van der Waals surface area contributed by atoms with Crippen LogP contribution in [0.1, 0.15) is 36.5 Å². The van der Waals surface area contributed by atoms with Crippen LogP contribution in [0.3, 0.4) is 0 Å². The predicted octanol–water partition coefficient (Wildman–Crippen LogP) is 2.09. The molecule has 2 amide bonds. The number of carboxylic acids is 1. The lowest BCUT2D eigenvalue weighted by molar-refractivity contribution is 0.0696. The van der Waals surface area contributed by atoms with E-state index in [1.807, 2.05) is 0 Å². The number of hydrogen-bond acceptors (Lipinski definition) is 3. The molecule has 0 aliphatic heterocycles. The van der Waals surface area contributed by atoms with Crippen LogP contribution in [-0.2, 0) is 0 Å². The van der Waals surface area contributed by atoms with Gasteiger partial charge in [-0.3, -0.25) is 4.98 Å². The second-order valence-corrected chi connectivity index (χ2v) is 4.98. The minimum Gasteiger partial charge on any atom is -0.478 e. The van der Waals surface area contributed by atoms with E-state index in [0.717, 1.165) is 19.3 Å². The lowest BCUT2D eigenvalue weighted by Gasteiger charge is -2.13. The van der Waals surface area contributed by atoms with Gasteiger partial charge in [-0.15, -0.1) is 0 Å². The van der Waals surface area contributed by atoms with Crippen LogP contribution < -0.4 is 10.6 Å². The first-order chi connectivity index (χ1) is 9.04. The number of anilines is 1. The number of urea groups is 1. The number of amides is 2. The maximum Gasteiger partial charge on any atom is 0.337 e. The van der Waals surface area contributed by atoms with Gasteiger partial charge in [0.25, 0.3) is 0 Å². The summed E-state index contributed by atoms with van der Waals surface area (Å²) in [6, 6.07) is 1.26. The van der Waals surface area contributed by atoms with E-state index in [1.54, 1.807) is 0 Å². The first-order valence-corrected chi connectivity index (χ1v) is 6.30. The molecule has 0 bridgehead atoms. The zero-order chi connectivity index (χ0) is 13.8. The van der Waals surface area contributed by atoms with Gasteiger partial charge in [-0.25, -0.2) is 9.59 Å². The molecule has 1 aromatic heterocycles. The van der Waals surface area contributed by atoms with Crippen molar-refractivity contribution in [1.82, 2.24) is 10.3 Å². The summed E-state index contributed by atoms with van der Waals surface area (Å²) in [6.45, 7) is 2.17. The molecule has 3 N–H and O–H groups in total. The number of rotatable bonds is 3. The van der Waals surface area contributed by atoms with Crippen LogP contribution in [-0.4, -0.2) is 28.1 Å². The van der Waals surface area contributed by atoms with E-state index < -0.39 is 5.97 Å². The first-order valence-electron chi connectivity index (χ1n) is 6.30. The molecule has 0 spiro atoms. The lowest BCUT2D eigenvalue weighted by atomic mass is 10.1. The van der Waals surface area contributed by atoms with Gasteiger partial charge in [0.05, 0.1) is 17.4 Å². The summed E-state index contributed by atoms with van der Waals surface area (Å²) in [4.78, 5) is 26.3. The number of aromatic nitrogens is 1. The number of aromatic carboxylic acids is 1. The Bertz CT molecular complexity index is 490. The highest BCUT2D eigenvalue weighted by atomic mass is 16.4. The summed E-state index contributed by atoms with van der Waals surface area (Å²) < 4.78 is 0. The van der Waals surface area contributed by atoms with Crippen LogP contribution in [0, 0.1) is 5.92 Å². The maximum atomic E-state index is 11.8. The third kappa shape index (κ3) is 3.67. The molecule has 2 atom stereocenters. The molecule has 1 aliphatic carbocycles. The number of carboxylic acid groups (broad SMARTS) is 1. The Balaban J connectivity index is 1.91. The van der Waals surface area contributed by atoms with Crippen LogP contribution >= 0.6 is 0 Å². The molecule has 2 rings (SSSR count). The molecule has 0 radical (unpaired) electrons. The van der Waals surface area contributed by atoms with Crippen molar-refractivity contribution >= 4 is 17.7 Å². The zero-order valence-electron chi connectivity index (χ0n) is 10.7. The number of carbonyl (C=O) groups excluding carboxylic acids is 1. The fourth-order valence-corrected chi connectivity index (χ4v) is 2.32. The van der Waals surface area contributed by atoms with Crippen molar-refractivity contribution in [3.63, 3.8) is 0 Å². The highest BCUT2D eigenvalue weighted by molar-refractivity contribution is 5.92. The average Bonchev–Trinajstić information content (AvgIpc) is 2.74. The summed E-state index contributed by atoms with van der Waals surface area (Å²) >= 11 is 0. The van der Waals surface area contributed by atoms with Crippen LogP contribution in [0.2, 0.25) is 0 Å². The second kappa shape index (κ2) is 5.69. The van der Waals surface area contributed by atoms with Crippen molar-refractivity contribution in [2.45, 2.75) is 32.2 Å². The van der Waals surface area contributed by atoms with Gasteiger partial charge >= 0.3 is 12.0 Å². The van der Waals surface area contributed by atoms with E-state index in [-0.39, 0.29) is 17.6 Å². The summed E-state index contributed by atoms with van der Waals surface area (Å²) in [7, 11) is 0. The monoisotopic (exact) mass is 263 g/mol. The molecule has 1 heterocycles. The molecule has 1 aliphatic rings. The van der Waals surface area contributed by atoms with E-state index in [9.17, 15) is 9.59 Å². The number of carbonyl (C=O) groups is 2. The van der Waals surface area contributed by atoms with Gasteiger partial charge < -0.3 is 15.7 Å². The Morgan fingerprint density at radius 2 is 2.16 bits per heavy atom. The minimum absolute atomic E-state index is 0.0484. The minimum atomic E-state index is -1.07. The Kier molecular flexibility index (Phi) is 3.99. The third-order valence-corrected chi connectivity index (χ3v) is 3.27. The van der Waals surface area contributed by atoms with Crippen molar-refractivity contribution in [2.75, 3.05) is 5.32 Å². The summed E-state index contributed by atoms with van der Waals surface area (Å²) in [5.41, 5.74) is 0.427. The molecule has 1 saturated carbocycles. The van der Waals surface area contributed by atoms with Crippen molar-refractivity contribution in [2.24, 2.45) is 5.92 Å². The molecular weight excluding hydrogens is 246 g/mol. The highest BCUT2D eigenvalue weighted by Gasteiger charge is 2.22. The predicted molar refractivity (Wildman–Crippen MR) is 70.2 cm³/mol. The second-order valence-electron chi connectivity index (χ2n) is 4.98. The third-order valence-electron chi connectivity index (χ3n) is 3.27. The molecule has 2 unspecified atom stereocenters. The van der Waals surface area contributed by atoms with Gasteiger partial charge in [-0.05, 0) is 31.2 Å². The Morgan fingerprint density at radius 1 is 1.37 bits per heavy atom. The number of nitrogens with one attached hydrogen (secondary N) is 2. The summed E-state index contributed by atoms with van der Waals surface area (Å²) in [6.07, 6.45) is 5.76. The number of hydrogen-bond donors (Lipinski definition) is 3. The van der Waals surface area contributed by atoms with E-state index in [2.05, 4.69) is 22.5 Å². The van der Waals surface area contributed by atoms with Crippen molar-refractivity contribution in [1.29, 1.82) is 0 Å². The smallest absolute Gasteiger partial charge is 0.337 e. The van der Waals surface area contributed by atoms with Crippen molar-refractivity contribution in [3.8, 4) is 0 Å². The van der Waals surface area contributed by atoms with E-state index in [0.29, 0.717) is 11.6 Å². The molecule has 102 valence electrons. The average molecular weight is 263 g/mol. The van der Waals surface area contributed by atoms with Gasteiger partial charge in [0.15, 0.2) is 0 Å². The highest BCUT2D eigenvalue weighted by Crippen LogP contribution is 2.24. The maximum absolute atomic E-state index is 11.8. The van der Waals surface area contributed by atoms with Crippen LogP contribution in [0.25, 0.3) is 0 Å². The van der Waals surface area contributed by atoms with E-state index in [4.69, 9.17) is 5.11 Å². The zero-order valence-corrected chi connectivity index (χ0v) is 10.7. The summed E-state index contributed by atoms with van der Waals surface area (Å²) in [5, 5.41) is 14.3. The van der Waals surface area contributed by atoms with Crippen LogP contribution in [0.15, 0.2) is 18.5 Å². The molecule has 19 heavy (non-hydrogen) atoms. The van der Waals surface area contributed by atoms with Gasteiger partial charge in [-0.1, -0.05) is 6.92 Å². The largest absolute Gasteiger partial charge is 0.478 e. The normalized spacial score (nSPS) is 21.9. The van der Waals surface area contributed by atoms with Gasteiger partial charge in [0, 0.05) is 12.2 Å². The molecule has 0 aromatic carbocycles. The van der Waals surface area contributed by atoms with Crippen molar-refractivity contribution in [3.05, 3.63) is 24.0 Å². The van der Waals surface area contributed by atoms with Crippen LogP contribution in [0.4, 0.5) is 10.5 Å². The van der Waals surface area contributed by atoms with E-state index >= 15 is 0 Å². The Labute approximate surface area is 111 Å². The fourth-order valence-electron chi connectivity index (χ4n) is 2.32. The molecular formula is C13H17N3O3. The molecule has 1 aromatic rings. The molecule has 6 heteroatoms. The molecule has 6 nitrogen and oxygen atoms in total. The van der Waals surface area contributed by atoms with E-state index in [1.165, 1.54) is 18.5 Å². The quantitative estimate of drug-likeness (QED) is 0.778.